The molecule has 2 aromatic carbocycles. The fourth-order valence-electron chi connectivity index (χ4n) is 3.07. The Balaban J connectivity index is 1.67. The molecule has 0 fully saturated rings. The number of benzene rings is 2. The molecule has 31 heavy (non-hydrogen) atoms. The third-order valence-corrected chi connectivity index (χ3v) is 4.52. The number of carbonyl (C=O) groups excluding carboxylic acids is 1. The summed E-state index contributed by atoms with van der Waals surface area (Å²) in [6, 6.07) is 13.3. The number of aromatic nitrogens is 2. The van der Waals surface area contributed by atoms with E-state index < -0.39 is 11.3 Å². The van der Waals surface area contributed by atoms with Crippen molar-refractivity contribution in [2.45, 2.75) is 6.92 Å². The van der Waals surface area contributed by atoms with Crippen LogP contribution in [0.25, 0.3) is 5.69 Å². The van der Waals surface area contributed by atoms with Gasteiger partial charge >= 0.3 is 0 Å². The number of rotatable bonds is 6. The van der Waals surface area contributed by atoms with Crippen LogP contribution in [-0.2, 0) is 0 Å². The third kappa shape index (κ3) is 4.30. The molecule has 0 saturated heterocycles. The van der Waals surface area contributed by atoms with E-state index >= 15 is 0 Å². The van der Waals surface area contributed by atoms with Gasteiger partial charge in [0.1, 0.15) is 19.0 Å². The summed E-state index contributed by atoms with van der Waals surface area (Å²) in [6.07, 6.45) is 0. The van der Waals surface area contributed by atoms with Crippen LogP contribution in [0.4, 0.5) is 5.69 Å². The van der Waals surface area contributed by atoms with E-state index in [4.69, 9.17) is 18.9 Å². The highest BCUT2D eigenvalue weighted by Gasteiger charge is 2.19. The van der Waals surface area contributed by atoms with Crippen molar-refractivity contribution in [2.75, 3.05) is 32.2 Å². The fourth-order valence-corrected chi connectivity index (χ4v) is 3.07. The smallest absolute Gasteiger partial charge is 0.280 e. The Hall–Kier alpha value is -4.01. The first kappa shape index (κ1) is 20.3. The molecule has 1 N–H and O–H groups in total. The van der Waals surface area contributed by atoms with Crippen LogP contribution < -0.4 is 29.7 Å². The summed E-state index contributed by atoms with van der Waals surface area (Å²) in [5.74, 6) is 1.38. The van der Waals surface area contributed by atoms with Gasteiger partial charge in [0.05, 0.1) is 25.5 Å². The lowest BCUT2D eigenvalue weighted by atomic mass is 10.2. The van der Waals surface area contributed by atoms with Crippen molar-refractivity contribution in [3.63, 3.8) is 0 Å². The summed E-state index contributed by atoms with van der Waals surface area (Å²) in [6.45, 7) is 3.03. The van der Waals surface area contributed by atoms with Gasteiger partial charge in [0.15, 0.2) is 17.2 Å². The monoisotopic (exact) mass is 423 g/mol. The maximum absolute atomic E-state index is 12.8. The van der Waals surface area contributed by atoms with Crippen LogP contribution in [0.1, 0.15) is 17.4 Å². The fraction of sp³-hybridized carbons (Fsp3) is 0.227. The van der Waals surface area contributed by atoms with Gasteiger partial charge in [-0.2, -0.15) is 5.10 Å². The molecule has 4 rings (SSSR count). The SMILES string of the molecule is CCOc1cc(=O)c(C(=O)Nc2ccc3c(c2)OCCO3)nn1-c1ccc(OC)cc1. The second kappa shape index (κ2) is 8.78. The lowest BCUT2D eigenvalue weighted by molar-refractivity contribution is 0.101. The Morgan fingerprint density at radius 3 is 2.55 bits per heavy atom. The van der Waals surface area contributed by atoms with Crippen molar-refractivity contribution in [3.8, 4) is 28.8 Å². The lowest BCUT2D eigenvalue weighted by Gasteiger charge is -2.19. The number of fused-ring (bicyclic) bond motifs is 1. The molecule has 0 saturated carbocycles. The molecule has 0 atom stereocenters. The molecule has 9 heteroatoms. The Bertz CT molecular complexity index is 1160. The Kier molecular flexibility index (Phi) is 5.74. The first-order chi connectivity index (χ1) is 15.1. The number of methoxy groups -OCH3 is 1. The van der Waals surface area contributed by atoms with E-state index in [0.717, 1.165) is 0 Å². The van der Waals surface area contributed by atoms with Gasteiger partial charge < -0.3 is 24.3 Å². The molecule has 0 bridgehead atoms. The molecule has 0 unspecified atom stereocenters. The highest BCUT2D eigenvalue weighted by Crippen LogP contribution is 2.32. The van der Waals surface area contributed by atoms with Crippen LogP contribution in [0.3, 0.4) is 0 Å². The summed E-state index contributed by atoms with van der Waals surface area (Å²) < 4.78 is 23.1. The zero-order valence-electron chi connectivity index (χ0n) is 17.1. The van der Waals surface area contributed by atoms with Crippen molar-refractivity contribution < 1.29 is 23.7 Å². The van der Waals surface area contributed by atoms with Crippen molar-refractivity contribution in [1.82, 2.24) is 9.78 Å². The van der Waals surface area contributed by atoms with Crippen molar-refractivity contribution >= 4 is 11.6 Å². The van der Waals surface area contributed by atoms with Gasteiger partial charge in [0, 0.05) is 11.8 Å². The first-order valence-electron chi connectivity index (χ1n) is 9.71. The molecular weight excluding hydrogens is 402 g/mol. The van der Waals surface area contributed by atoms with Crippen molar-refractivity contribution in [1.29, 1.82) is 0 Å². The molecule has 1 aliphatic rings. The zero-order chi connectivity index (χ0) is 21.8. The molecule has 3 aromatic rings. The minimum absolute atomic E-state index is 0.230. The maximum Gasteiger partial charge on any atom is 0.280 e. The zero-order valence-corrected chi connectivity index (χ0v) is 17.1. The van der Waals surface area contributed by atoms with E-state index in [-0.39, 0.29) is 11.6 Å². The molecular formula is C22H21N3O6. The Labute approximate surface area is 178 Å². The summed E-state index contributed by atoms with van der Waals surface area (Å²) >= 11 is 0. The Morgan fingerprint density at radius 2 is 1.84 bits per heavy atom. The van der Waals surface area contributed by atoms with Crippen LogP contribution in [0.15, 0.2) is 53.3 Å². The normalized spacial score (nSPS) is 12.2. The largest absolute Gasteiger partial charge is 0.497 e. The van der Waals surface area contributed by atoms with Gasteiger partial charge in [-0.15, -0.1) is 0 Å². The summed E-state index contributed by atoms with van der Waals surface area (Å²) in [5.41, 5.74) is 0.246. The van der Waals surface area contributed by atoms with E-state index in [9.17, 15) is 9.59 Å². The molecule has 1 aliphatic heterocycles. The minimum atomic E-state index is -0.646. The molecule has 0 aliphatic carbocycles. The van der Waals surface area contributed by atoms with Gasteiger partial charge in [-0.05, 0) is 43.3 Å². The average molecular weight is 423 g/mol. The minimum Gasteiger partial charge on any atom is -0.497 e. The van der Waals surface area contributed by atoms with Crippen LogP contribution in [0, 0.1) is 0 Å². The number of ether oxygens (including phenoxy) is 4. The molecule has 0 radical (unpaired) electrons. The van der Waals surface area contributed by atoms with Crippen LogP contribution in [0.5, 0.6) is 23.1 Å². The number of amides is 1. The van der Waals surface area contributed by atoms with Crippen LogP contribution in [-0.4, -0.2) is 42.6 Å². The number of anilines is 1. The number of nitrogens with zero attached hydrogens (tertiary/aromatic N) is 2. The standard InChI is InChI=1S/C22H21N3O6/c1-3-29-20-13-17(26)21(24-25(20)15-5-7-16(28-2)8-6-15)22(27)23-14-4-9-18-19(12-14)31-11-10-30-18/h4-9,12-13H,3,10-11H2,1-2H3,(H,23,27). The van der Waals surface area contributed by atoms with Gasteiger partial charge in [0.2, 0.25) is 11.3 Å². The van der Waals surface area contributed by atoms with Gasteiger partial charge in [-0.1, -0.05) is 0 Å². The second-order valence-corrected chi connectivity index (χ2v) is 6.55. The van der Waals surface area contributed by atoms with Crippen molar-refractivity contribution in [3.05, 3.63) is 64.4 Å². The molecule has 1 amide bonds. The second-order valence-electron chi connectivity index (χ2n) is 6.55. The average Bonchev–Trinajstić information content (AvgIpc) is 2.79. The topological polar surface area (TPSA) is 101 Å². The molecule has 9 nitrogen and oxygen atoms in total. The van der Waals surface area contributed by atoms with Crippen molar-refractivity contribution in [2.24, 2.45) is 0 Å². The van der Waals surface area contributed by atoms with E-state index in [1.54, 1.807) is 56.5 Å². The summed E-state index contributed by atoms with van der Waals surface area (Å²) in [5, 5.41) is 6.96. The lowest BCUT2D eigenvalue weighted by Crippen LogP contribution is -2.26. The molecule has 160 valence electrons. The van der Waals surface area contributed by atoms with Gasteiger partial charge in [0.25, 0.3) is 5.91 Å². The number of carbonyl (C=O) groups is 1. The summed E-state index contributed by atoms with van der Waals surface area (Å²) in [4.78, 5) is 25.4. The summed E-state index contributed by atoms with van der Waals surface area (Å²) in [7, 11) is 1.57. The predicted octanol–water partition coefficient (Wildman–Crippen LogP) is 2.66. The van der Waals surface area contributed by atoms with E-state index in [0.29, 0.717) is 48.4 Å². The van der Waals surface area contributed by atoms with Crippen LogP contribution >= 0.6 is 0 Å². The molecule has 0 spiro atoms. The van der Waals surface area contributed by atoms with Gasteiger partial charge in [-0.3, -0.25) is 9.59 Å². The van der Waals surface area contributed by atoms with Crippen LogP contribution in [0.2, 0.25) is 0 Å². The predicted molar refractivity (Wildman–Crippen MR) is 113 cm³/mol. The van der Waals surface area contributed by atoms with E-state index in [2.05, 4.69) is 10.4 Å². The first-order valence-corrected chi connectivity index (χ1v) is 9.71. The number of hydrogen-bond acceptors (Lipinski definition) is 7. The number of hydrogen-bond donors (Lipinski definition) is 1. The Morgan fingerprint density at radius 1 is 1.10 bits per heavy atom. The van der Waals surface area contributed by atoms with Gasteiger partial charge in [-0.25, -0.2) is 4.68 Å². The highest BCUT2D eigenvalue weighted by atomic mass is 16.6. The highest BCUT2D eigenvalue weighted by molar-refractivity contribution is 6.02. The number of nitrogens with one attached hydrogen (secondary N) is 1. The van der Waals surface area contributed by atoms with E-state index in [1.807, 2.05) is 0 Å². The third-order valence-electron chi connectivity index (χ3n) is 4.52. The maximum atomic E-state index is 12.8. The molecule has 2 heterocycles. The van der Waals surface area contributed by atoms with E-state index in [1.165, 1.54) is 10.7 Å². The quantitative estimate of drug-likeness (QED) is 0.650. The molecule has 1 aromatic heterocycles.